The van der Waals surface area contributed by atoms with Gasteiger partial charge in [-0.2, -0.15) is 0 Å². The van der Waals surface area contributed by atoms with Crippen molar-refractivity contribution >= 4 is 11.8 Å². The molecule has 0 saturated carbocycles. The van der Waals surface area contributed by atoms with E-state index in [1.165, 1.54) is 0 Å². The molecule has 0 bridgehead atoms. The first kappa shape index (κ1) is 14.0. The Morgan fingerprint density at radius 1 is 1.29 bits per heavy atom. The van der Waals surface area contributed by atoms with Crippen molar-refractivity contribution in [3.63, 3.8) is 0 Å². The average Bonchev–Trinajstić information content (AvgIpc) is 2.86. The van der Waals surface area contributed by atoms with E-state index in [0.717, 1.165) is 32.4 Å². The molecule has 0 aliphatic carbocycles. The fourth-order valence-corrected chi connectivity index (χ4v) is 1.99. The van der Waals surface area contributed by atoms with Gasteiger partial charge in [-0.05, 0) is 32.7 Å². The van der Waals surface area contributed by atoms with Crippen molar-refractivity contribution in [2.45, 2.75) is 38.6 Å². The second-order valence-corrected chi connectivity index (χ2v) is 4.48. The second-order valence-electron chi connectivity index (χ2n) is 4.48. The van der Waals surface area contributed by atoms with Crippen LogP contribution in [0, 0.1) is 0 Å². The molecule has 0 aromatic rings. The third-order valence-electron chi connectivity index (χ3n) is 3.10. The molecule has 1 saturated heterocycles. The van der Waals surface area contributed by atoms with E-state index in [-0.39, 0.29) is 17.9 Å². The number of amides is 2. The number of likely N-dealkylation sites (tertiary alicyclic amines) is 1. The fraction of sp³-hybridized carbons (Fsp3) is 0.833. The van der Waals surface area contributed by atoms with Crippen LogP contribution in [0.25, 0.3) is 0 Å². The molecule has 1 rings (SSSR count). The Hall–Kier alpha value is -1.10. The van der Waals surface area contributed by atoms with Crippen LogP contribution in [0.2, 0.25) is 0 Å². The Labute approximate surface area is 103 Å². The summed E-state index contributed by atoms with van der Waals surface area (Å²) >= 11 is 0. The van der Waals surface area contributed by atoms with E-state index >= 15 is 0 Å². The minimum Gasteiger partial charge on any atom is -0.359 e. The molecule has 5 nitrogen and oxygen atoms in total. The first-order valence-electron chi connectivity index (χ1n) is 6.38. The summed E-state index contributed by atoms with van der Waals surface area (Å²) < 4.78 is 0. The van der Waals surface area contributed by atoms with Crippen molar-refractivity contribution in [2.75, 3.05) is 26.7 Å². The van der Waals surface area contributed by atoms with Crippen molar-refractivity contribution in [3.05, 3.63) is 0 Å². The lowest BCUT2D eigenvalue weighted by atomic mass is 10.2. The Morgan fingerprint density at radius 3 is 2.53 bits per heavy atom. The van der Waals surface area contributed by atoms with Crippen molar-refractivity contribution in [1.82, 2.24) is 15.5 Å². The van der Waals surface area contributed by atoms with Crippen LogP contribution in [0.1, 0.15) is 32.6 Å². The largest absolute Gasteiger partial charge is 0.359 e. The van der Waals surface area contributed by atoms with Gasteiger partial charge in [0.25, 0.3) is 0 Å². The molecule has 1 heterocycles. The zero-order chi connectivity index (χ0) is 12.7. The van der Waals surface area contributed by atoms with Gasteiger partial charge in [-0.15, -0.1) is 0 Å². The van der Waals surface area contributed by atoms with Gasteiger partial charge >= 0.3 is 0 Å². The van der Waals surface area contributed by atoms with Gasteiger partial charge in [0.1, 0.15) is 0 Å². The third-order valence-corrected chi connectivity index (χ3v) is 3.10. The van der Waals surface area contributed by atoms with Crippen LogP contribution in [0.15, 0.2) is 0 Å². The molecule has 17 heavy (non-hydrogen) atoms. The molecule has 0 aromatic heterocycles. The molecule has 1 aliphatic rings. The topological polar surface area (TPSA) is 61.4 Å². The van der Waals surface area contributed by atoms with E-state index in [1.54, 1.807) is 7.05 Å². The number of hydrogen-bond acceptors (Lipinski definition) is 3. The maximum Gasteiger partial charge on any atom is 0.239 e. The number of carbonyl (C=O) groups excluding carboxylic acids is 2. The van der Waals surface area contributed by atoms with Gasteiger partial charge in [0, 0.05) is 26.6 Å². The number of nitrogens with zero attached hydrogens (tertiary/aromatic N) is 1. The molecule has 0 spiro atoms. The van der Waals surface area contributed by atoms with Gasteiger partial charge in [-0.25, -0.2) is 0 Å². The highest BCUT2D eigenvalue weighted by atomic mass is 16.2. The van der Waals surface area contributed by atoms with Crippen LogP contribution in [0.5, 0.6) is 0 Å². The Kier molecular flexibility index (Phi) is 5.97. The van der Waals surface area contributed by atoms with Gasteiger partial charge in [0.05, 0.1) is 6.04 Å². The molecule has 1 atom stereocenters. The van der Waals surface area contributed by atoms with E-state index < -0.39 is 0 Å². The van der Waals surface area contributed by atoms with Crippen LogP contribution in [-0.4, -0.2) is 49.4 Å². The summed E-state index contributed by atoms with van der Waals surface area (Å²) in [6, 6.07) is -0.141. The highest BCUT2D eigenvalue weighted by Gasteiger charge is 2.22. The third kappa shape index (κ3) is 4.73. The predicted octanol–water partition coefficient (Wildman–Crippen LogP) is 0.113. The molecule has 1 unspecified atom stereocenters. The van der Waals surface area contributed by atoms with Crippen LogP contribution in [0.3, 0.4) is 0 Å². The van der Waals surface area contributed by atoms with Gasteiger partial charge in [0.15, 0.2) is 0 Å². The lowest BCUT2D eigenvalue weighted by Crippen LogP contribution is -2.44. The summed E-state index contributed by atoms with van der Waals surface area (Å²) in [4.78, 5) is 24.8. The Balaban J connectivity index is 2.13. The first-order chi connectivity index (χ1) is 8.15. The molecule has 0 aromatic carbocycles. The fourth-order valence-electron chi connectivity index (χ4n) is 1.99. The summed E-state index contributed by atoms with van der Waals surface area (Å²) in [5.41, 5.74) is 0. The first-order valence-corrected chi connectivity index (χ1v) is 6.38. The van der Waals surface area contributed by atoms with Gasteiger partial charge in [-0.1, -0.05) is 0 Å². The molecule has 2 amide bonds. The summed E-state index contributed by atoms with van der Waals surface area (Å²) in [5.74, 6) is 0.229. The zero-order valence-corrected chi connectivity index (χ0v) is 10.8. The summed E-state index contributed by atoms with van der Waals surface area (Å²) in [7, 11) is 1.63. The molecular formula is C12H23N3O2. The molecular weight excluding hydrogens is 218 g/mol. The Morgan fingerprint density at radius 2 is 1.94 bits per heavy atom. The van der Waals surface area contributed by atoms with Crippen LogP contribution in [0.4, 0.5) is 0 Å². The lowest BCUT2D eigenvalue weighted by molar-refractivity contribution is -0.131. The highest BCUT2D eigenvalue weighted by Crippen LogP contribution is 2.08. The smallest absolute Gasteiger partial charge is 0.239 e. The van der Waals surface area contributed by atoms with E-state index in [0.29, 0.717) is 13.0 Å². The van der Waals surface area contributed by atoms with Crippen molar-refractivity contribution in [2.24, 2.45) is 0 Å². The maximum atomic E-state index is 11.9. The van der Waals surface area contributed by atoms with E-state index in [4.69, 9.17) is 0 Å². The Bertz CT molecular complexity index is 262. The minimum atomic E-state index is -0.141. The van der Waals surface area contributed by atoms with Gasteiger partial charge in [-0.3, -0.25) is 9.59 Å². The summed E-state index contributed by atoms with van der Waals surface area (Å²) in [5, 5.41) is 5.75. The maximum absolute atomic E-state index is 11.9. The number of nitrogens with one attached hydrogen (secondary N) is 2. The molecule has 5 heteroatoms. The quantitative estimate of drug-likeness (QED) is 0.649. The number of rotatable bonds is 6. The van der Waals surface area contributed by atoms with Gasteiger partial charge in [0.2, 0.25) is 11.8 Å². The van der Waals surface area contributed by atoms with Crippen LogP contribution < -0.4 is 10.6 Å². The molecule has 1 fully saturated rings. The standard InChI is InChI=1S/C12H23N3O2/c1-10(12(17)15-8-3-4-9-15)14-7-5-6-11(16)13-2/h10,14H,3-9H2,1-2H3,(H,13,16). The lowest BCUT2D eigenvalue weighted by Gasteiger charge is -2.21. The van der Waals surface area contributed by atoms with Gasteiger partial charge < -0.3 is 15.5 Å². The van der Waals surface area contributed by atoms with Crippen LogP contribution >= 0.6 is 0 Å². The summed E-state index contributed by atoms with van der Waals surface area (Å²) in [6.07, 6.45) is 3.51. The zero-order valence-electron chi connectivity index (χ0n) is 10.8. The number of carbonyl (C=O) groups is 2. The SMILES string of the molecule is CNC(=O)CCCNC(C)C(=O)N1CCCC1. The molecule has 1 aliphatic heterocycles. The number of hydrogen-bond donors (Lipinski definition) is 2. The normalized spacial score (nSPS) is 16.9. The van der Waals surface area contributed by atoms with E-state index in [2.05, 4.69) is 10.6 Å². The van der Waals surface area contributed by atoms with Crippen molar-refractivity contribution < 1.29 is 9.59 Å². The second kappa shape index (κ2) is 7.27. The average molecular weight is 241 g/mol. The van der Waals surface area contributed by atoms with E-state index in [9.17, 15) is 9.59 Å². The van der Waals surface area contributed by atoms with Crippen LogP contribution in [-0.2, 0) is 9.59 Å². The molecule has 98 valence electrons. The van der Waals surface area contributed by atoms with Crippen molar-refractivity contribution in [3.8, 4) is 0 Å². The minimum absolute atomic E-state index is 0.0466. The summed E-state index contributed by atoms with van der Waals surface area (Å²) in [6.45, 7) is 4.38. The highest BCUT2D eigenvalue weighted by molar-refractivity contribution is 5.81. The monoisotopic (exact) mass is 241 g/mol. The van der Waals surface area contributed by atoms with E-state index in [1.807, 2.05) is 11.8 Å². The predicted molar refractivity (Wildman–Crippen MR) is 66.6 cm³/mol. The van der Waals surface area contributed by atoms with Crippen molar-refractivity contribution in [1.29, 1.82) is 0 Å². The molecule has 2 N–H and O–H groups in total. The molecule has 0 radical (unpaired) electrons.